The molecule has 32 heavy (non-hydrogen) atoms. The molecular formula is C26H30FN5. The number of para-hydroxylation sites is 1. The number of rotatable bonds is 5. The van der Waals surface area contributed by atoms with E-state index in [2.05, 4.69) is 42.4 Å². The van der Waals surface area contributed by atoms with Gasteiger partial charge in [0, 0.05) is 36.6 Å². The van der Waals surface area contributed by atoms with Crippen molar-refractivity contribution >= 4 is 22.4 Å². The van der Waals surface area contributed by atoms with E-state index in [9.17, 15) is 9.65 Å². The van der Waals surface area contributed by atoms with Crippen LogP contribution in [0.4, 0.5) is 15.9 Å². The second-order valence-corrected chi connectivity index (χ2v) is 9.45. The molecule has 0 spiro atoms. The predicted molar refractivity (Wildman–Crippen MR) is 128 cm³/mol. The standard InChI is InChI=1S/C26H30FN5/c1-26(2,3)31-20-12-14-32(15-13-20)24-21-6-4-5-7-23(21)30-25(22(24)16-28)29-17-18-8-10-19(27)11-9-18/h4-11,20,31H,12-15,17H2,1-3H3,(H,29,30). The topological polar surface area (TPSA) is 64.0 Å². The van der Waals surface area contributed by atoms with E-state index in [1.807, 2.05) is 24.3 Å². The quantitative estimate of drug-likeness (QED) is 0.580. The summed E-state index contributed by atoms with van der Waals surface area (Å²) in [4.78, 5) is 7.08. The number of benzene rings is 2. The van der Waals surface area contributed by atoms with E-state index < -0.39 is 0 Å². The summed E-state index contributed by atoms with van der Waals surface area (Å²) in [5.74, 6) is 0.308. The van der Waals surface area contributed by atoms with Crippen molar-refractivity contribution in [3.8, 4) is 6.07 Å². The van der Waals surface area contributed by atoms with Crippen molar-refractivity contribution < 1.29 is 4.39 Å². The van der Waals surface area contributed by atoms with Gasteiger partial charge in [-0.2, -0.15) is 5.26 Å². The molecule has 1 aromatic heterocycles. The summed E-state index contributed by atoms with van der Waals surface area (Å²) in [7, 11) is 0. The lowest BCUT2D eigenvalue weighted by atomic mass is 9.98. The van der Waals surface area contributed by atoms with Crippen molar-refractivity contribution in [2.75, 3.05) is 23.3 Å². The largest absolute Gasteiger partial charge is 0.370 e. The van der Waals surface area contributed by atoms with E-state index in [1.54, 1.807) is 12.1 Å². The van der Waals surface area contributed by atoms with Crippen LogP contribution in [0.25, 0.3) is 10.9 Å². The zero-order chi connectivity index (χ0) is 22.7. The minimum atomic E-state index is -0.262. The SMILES string of the molecule is CC(C)(C)NC1CCN(c2c(C#N)c(NCc3ccc(F)cc3)nc3ccccc23)CC1. The molecule has 0 aliphatic carbocycles. The molecule has 2 heterocycles. The molecular weight excluding hydrogens is 401 g/mol. The molecule has 5 nitrogen and oxygen atoms in total. The summed E-state index contributed by atoms with van der Waals surface area (Å²) in [6.45, 7) is 8.83. The molecule has 2 N–H and O–H groups in total. The highest BCUT2D eigenvalue weighted by Crippen LogP contribution is 2.35. The van der Waals surface area contributed by atoms with E-state index in [0.29, 0.717) is 24.0 Å². The normalized spacial score (nSPS) is 15.0. The molecule has 2 aromatic carbocycles. The Morgan fingerprint density at radius 2 is 1.78 bits per heavy atom. The Kier molecular flexibility index (Phi) is 6.29. The second kappa shape index (κ2) is 9.13. The number of aromatic nitrogens is 1. The van der Waals surface area contributed by atoms with Crippen LogP contribution in [-0.4, -0.2) is 29.7 Å². The van der Waals surface area contributed by atoms with Gasteiger partial charge in [0.1, 0.15) is 23.3 Å². The van der Waals surface area contributed by atoms with Gasteiger partial charge in [-0.25, -0.2) is 9.37 Å². The molecule has 1 aliphatic rings. The summed E-state index contributed by atoms with van der Waals surface area (Å²) in [6, 6.07) is 17.2. The van der Waals surface area contributed by atoms with Crippen LogP contribution in [0.15, 0.2) is 48.5 Å². The molecule has 0 radical (unpaired) electrons. The number of piperidine rings is 1. The lowest BCUT2D eigenvalue weighted by Gasteiger charge is -2.38. The fourth-order valence-corrected chi connectivity index (χ4v) is 4.40. The monoisotopic (exact) mass is 431 g/mol. The molecule has 1 saturated heterocycles. The number of anilines is 2. The van der Waals surface area contributed by atoms with Gasteiger partial charge in [-0.1, -0.05) is 30.3 Å². The average molecular weight is 432 g/mol. The van der Waals surface area contributed by atoms with Crippen molar-refractivity contribution in [3.63, 3.8) is 0 Å². The number of hydrogen-bond acceptors (Lipinski definition) is 5. The average Bonchev–Trinajstić information content (AvgIpc) is 2.77. The zero-order valence-corrected chi connectivity index (χ0v) is 19.0. The minimum absolute atomic E-state index is 0.0887. The van der Waals surface area contributed by atoms with E-state index >= 15 is 0 Å². The van der Waals surface area contributed by atoms with Gasteiger partial charge in [-0.15, -0.1) is 0 Å². The number of nitrogens with one attached hydrogen (secondary N) is 2. The van der Waals surface area contributed by atoms with Crippen LogP contribution in [0.2, 0.25) is 0 Å². The maximum Gasteiger partial charge on any atom is 0.147 e. The highest BCUT2D eigenvalue weighted by atomic mass is 19.1. The van der Waals surface area contributed by atoms with Crippen molar-refractivity contribution in [1.29, 1.82) is 5.26 Å². The molecule has 3 aromatic rings. The minimum Gasteiger partial charge on any atom is -0.370 e. The van der Waals surface area contributed by atoms with Gasteiger partial charge in [0.2, 0.25) is 0 Å². The van der Waals surface area contributed by atoms with E-state index in [0.717, 1.165) is 48.1 Å². The van der Waals surface area contributed by atoms with Gasteiger partial charge in [0.25, 0.3) is 0 Å². The molecule has 0 saturated carbocycles. The van der Waals surface area contributed by atoms with Gasteiger partial charge >= 0.3 is 0 Å². The van der Waals surface area contributed by atoms with Crippen LogP contribution >= 0.6 is 0 Å². The van der Waals surface area contributed by atoms with Gasteiger partial charge in [-0.3, -0.25) is 0 Å². The van der Waals surface area contributed by atoms with E-state index in [-0.39, 0.29) is 11.4 Å². The molecule has 1 fully saturated rings. The summed E-state index contributed by atoms with van der Waals surface area (Å²) in [5.41, 5.74) is 3.40. The Bertz CT molecular complexity index is 1120. The first kappa shape index (κ1) is 22.0. The van der Waals surface area contributed by atoms with Crippen LogP contribution in [-0.2, 0) is 6.54 Å². The first-order valence-corrected chi connectivity index (χ1v) is 11.2. The molecule has 6 heteroatoms. The van der Waals surface area contributed by atoms with Gasteiger partial charge < -0.3 is 15.5 Å². The molecule has 0 bridgehead atoms. The smallest absolute Gasteiger partial charge is 0.147 e. The van der Waals surface area contributed by atoms with Crippen molar-refractivity contribution in [1.82, 2.24) is 10.3 Å². The van der Waals surface area contributed by atoms with Crippen LogP contribution in [0.1, 0.15) is 44.7 Å². The van der Waals surface area contributed by atoms with Crippen molar-refractivity contribution in [2.24, 2.45) is 0 Å². The summed E-state index contributed by atoms with van der Waals surface area (Å²) in [6.07, 6.45) is 2.05. The van der Waals surface area contributed by atoms with Crippen LogP contribution in [0.5, 0.6) is 0 Å². The third-order valence-electron chi connectivity index (χ3n) is 5.80. The fourth-order valence-electron chi connectivity index (χ4n) is 4.40. The number of pyridine rings is 1. The summed E-state index contributed by atoms with van der Waals surface area (Å²) in [5, 5.41) is 18.1. The first-order valence-electron chi connectivity index (χ1n) is 11.2. The summed E-state index contributed by atoms with van der Waals surface area (Å²) < 4.78 is 13.2. The third-order valence-corrected chi connectivity index (χ3v) is 5.80. The Hall–Kier alpha value is -3.17. The fraction of sp³-hybridized carbons (Fsp3) is 0.385. The number of hydrogen-bond donors (Lipinski definition) is 2. The highest BCUT2D eigenvalue weighted by molar-refractivity contribution is 5.97. The van der Waals surface area contributed by atoms with Gasteiger partial charge in [0.15, 0.2) is 0 Å². The number of fused-ring (bicyclic) bond motifs is 1. The van der Waals surface area contributed by atoms with Crippen LogP contribution in [0.3, 0.4) is 0 Å². The zero-order valence-electron chi connectivity index (χ0n) is 19.0. The number of halogens is 1. The number of nitrogens with zero attached hydrogens (tertiary/aromatic N) is 3. The van der Waals surface area contributed by atoms with Gasteiger partial charge in [-0.05, 0) is 57.4 Å². The lowest BCUT2D eigenvalue weighted by molar-refractivity contribution is 0.317. The van der Waals surface area contributed by atoms with E-state index in [1.165, 1.54) is 12.1 Å². The number of nitriles is 1. The lowest BCUT2D eigenvalue weighted by Crippen LogP contribution is -2.49. The maximum atomic E-state index is 13.2. The molecule has 0 amide bonds. The Balaban J connectivity index is 1.64. The first-order chi connectivity index (χ1) is 15.3. The Morgan fingerprint density at radius 3 is 2.44 bits per heavy atom. The van der Waals surface area contributed by atoms with Crippen molar-refractivity contribution in [3.05, 3.63) is 65.5 Å². The van der Waals surface area contributed by atoms with Crippen LogP contribution < -0.4 is 15.5 Å². The van der Waals surface area contributed by atoms with Crippen LogP contribution in [0, 0.1) is 17.1 Å². The highest BCUT2D eigenvalue weighted by Gasteiger charge is 2.26. The molecule has 1 aliphatic heterocycles. The molecule has 166 valence electrons. The van der Waals surface area contributed by atoms with E-state index in [4.69, 9.17) is 4.98 Å². The summed E-state index contributed by atoms with van der Waals surface area (Å²) >= 11 is 0. The third kappa shape index (κ3) is 5.00. The predicted octanol–water partition coefficient (Wildman–Crippen LogP) is 5.21. The molecule has 0 unspecified atom stereocenters. The van der Waals surface area contributed by atoms with Gasteiger partial charge in [0.05, 0.1) is 11.2 Å². The second-order valence-electron chi connectivity index (χ2n) is 9.45. The van der Waals surface area contributed by atoms with Crippen molar-refractivity contribution in [2.45, 2.75) is 51.7 Å². The molecule has 4 rings (SSSR count). The molecule has 0 atom stereocenters. The Labute approximate surface area is 189 Å². The Morgan fingerprint density at radius 1 is 1.09 bits per heavy atom. The maximum absolute atomic E-state index is 13.2.